The van der Waals surface area contributed by atoms with Crippen LogP contribution in [-0.4, -0.2) is 26.8 Å². The Hall–Kier alpha value is -0.870. The zero-order valence-corrected chi connectivity index (χ0v) is 12.6. The Morgan fingerprint density at radius 2 is 2.15 bits per heavy atom. The maximum Gasteiger partial charge on any atom is 0.106 e. The van der Waals surface area contributed by atoms with Gasteiger partial charge < -0.3 is 15.4 Å². The first-order valence-corrected chi connectivity index (χ1v) is 8.11. The van der Waals surface area contributed by atoms with Crippen LogP contribution in [0, 0.1) is 12.8 Å². The largest absolute Gasteiger partial charge is 0.388 e. The van der Waals surface area contributed by atoms with Gasteiger partial charge in [-0.1, -0.05) is 6.42 Å². The van der Waals surface area contributed by atoms with E-state index in [2.05, 4.69) is 11.5 Å². The third-order valence-electron chi connectivity index (χ3n) is 5.40. The molecule has 2 atom stereocenters. The minimum Gasteiger partial charge on any atom is -0.388 e. The summed E-state index contributed by atoms with van der Waals surface area (Å²) in [5.41, 5.74) is 7.92. The predicted octanol–water partition coefficient (Wildman–Crippen LogP) is 1.95. The molecule has 1 fully saturated rings. The van der Waals surface area contributed by atoms with Gasteiger partial charge in [-0.2, -0.15) is 0 Å². The van der Waals surface area contributed by atoms with Crippen molar-refractivity contribution < 1.29 is 5.11 Å². The van der Waals surface area contributed by atoms with Crippen LogP contribution in [0.5, 0.6) is 0 Å². The molecule has 1 aromatic heterocycles. The molecular formula is C16H27N3O. The molecule has 20 heavy (non-hydrogen) atoms. The number of aliphatic hydroxyl groups is 1. The van der Waals surface area contributed by atoms with Gasteiger partial charge in [-0.3, -0.25) is 0 Å². The molecular weight excluding hydrogens is 250 g/mol. The lowest BCUT2D eigenvalue weighted by Crippen LogP contribution is -2.41. The van der Waals surface area contributed by atoms with Gasteiger partial charge in [-0.25, -0.2) is 4.98 Å². The molecule has 1 heterocycles. The van der Waals surface area contributed by atoms with E-state index in [1.165, 1.54) is 30.7 Å². The van der Waals surface area contributed by atoms with E-state index in [0.29, 0.717) is 12.5 Å². The van der Waals surface area contributed by atoms with E-state index in [9.17, 15) is 5.11 Å². The van der Waals surface area contributed by atoms with E-state index in [0.717, 1.165) is 44.5 Å². The first kappa shape index (κ1) is 14.1. The van der Waals surface area contributed by atoms with E-state index in [1.807, 2.05) is 0 Å². The van der Waals surface area contributed by atoms with E-state index in [4.69, 9.17) is 10.7 Å². The number of aromatic nitrogens is 2. The minimum atomic E-state index is -0.617. The Morgan fingerprint density at radius 1 is 1.35 bits per heavy atom. The van der Waals surface area contributed by atoms with Gasteiger partial charge in [-0.05, 0) is 57.8 Å². The lowest BCUT2D eigenvalue weighted by atomic mass is 9.88. The van der Waals surface area contributed by atoms with Crippen LogP contribution in [0.2, 0.25) is 0 Å². The molecule has 3 N–H and O–H groups in total. The molecule has 4 nitrogen and oxygen atoms in total. The molecule has 2 unspecified atom stereocenters. The molecule has 0 bridgehead atoms. The second-order valence-corrected chi connectivity index (χ2v) is 6.60. The number of nitrogens with zero attached hydrogens (tertiary/aromatic N) is 2. The minimum absolute atomic E-state index is 0.355. The summed E-state index contributed by atoms with van der Waals surface area (Å²) in [6, 6.07) is 0. The van der Waals surface area contributed by atoms with E-state index in [-0.39, 0.29) is 0 Å². The number of nitrogens with two attached hydrogens (primary N) is 1. The van der Waals surface area contributed by atoms with Crippen molar-refractivity contribution >= 4 is 0 Å². The van der Waals surface area contributed by atoms with E-state index < -0.39 is 5.60 Å². The number of rotatable bonds is 4. The molecule has 2 aliphatic carbocycles. The first-order chi connectivity index (χ1) is 9.64. The van der Waals surface area contributed by atoms with Crippen LogP contribution in [0.1, 0.15) is 55.7 Å². The summed E-state index contributed by atoms with van der Waals surface area (Å²) < 4.78 is 2.39. The zero-order chi connectivity index (χ0) is 14.2. The highest BCUT2D eigenvalue weighted by Crippen LogP contribution is 2.37. The van der Waals surface area contributed by atoms with Crippen molar-refractivity contribution in [2.75, 3.05) is 6.54 Å². The Kier molecular flexibility index (Phi) is 3.87. The van der Waals surface area contributed by atoms with Gasteiger partial charge >= 0.3 is 0 Å². The third-order valence-corrected chi connectivity index (χ3v) is 5.40. The summed E-state index contributed by atoms with van der Waals surface area (Å²) in [5, 5.41) is 10.5. The predicted molar refractivity (Wildman–Crippen MR) is 79.6 cm³/mol. The first-order valence-electron chi connectivity index (χ1n) is 8.11. The summed E-state index contributed by atoms with van der Waals surface area (Å²) in [7, 11) is 0. The zero-order valence-electron chi connectivity index (χ0n) is 12.6. The van der Waals surface area contributed by atoms with Crippen molar-refractivity contribution in [1.29, 1.82) is 0 Å². The van der Waals surface area contributed by atoms with Gasteiger partial charge in [-0.15, -0.1) is 0 Å². The fourth-order valence-electron chi connectivity index (χ4n) is 4.13. The molecule has 3 rings (SSSR count). The molecule has 0 aromatic carbocycles. The normalized spacial score (nSPS) is 29.6. The van der Waals surface area contributed by atoms with Gasteiger partial charge in [0.05, 0.1) is 11.3 Å². The highest BCUT2D eigenvalue weighted by atomic mass is 16.3. The lowest BCUT2D eigenvalue weighted by molar-refractivity contribution is 0.00647. The van der Waals surface area contributed by atoms with Crippen LogP contribution in [0.3, 0.4) is 0 Å². The maximum atomic E-state index is 10.5. The number of fused-ring (bicyclic) bond motifs is 1. The number of imidazole rings is 1. The van der Waals surface area contributed by atoms with E-state index >= 15 is 0 Å². The van der Waals surface area contributed by atoms with Crippen molar-refractivity contribution in [3.05, 3.63) is 17.2 Å². The smallest absolute Gasteiger partial charge is 0.106 e. The summed E-state index contributed by atoms with van der Waals surface area (Å²) in [4.78, 5) is 4.73. The van der Waals surface area contributed by atoms with E-state index in [1.54, 1.807) is 0 Å². The molecule has 4 heteroatoms. The molecule has 2 aliphatic rings. The molecule has 112 valence electrons. The molecule has 0 amide bonds. The van der Waals surface area contributed by atoms with Crippen LogP contribution in [-0.2, 0) is 19.4 Å². The van der Waals surface area contributed by atoms with Crippen molar-refractivity contribution in [2.45, 2.75) is 70.4 Å². The van der Waals surface area contributed by atoms with Crippen LogP contribution in [0.25, 0.3) is 0 Å². The monoisotopic (exact) mass is 277 g/mol. The maximum absolute atomic E-state index is 10.5. The van der Waals surface area contributed by atoms with Gasteiger partial charge in [0.2, 0.25) is 0 Å². The molecule has 0 aliphatic heterocycles. The fourth-order valence-corrected chi connectivity index (χ4v) is 4.13. The van der Waals surface area contributed by atoms with Crippen LogP contribution < -0.4 is 5.73 Å². The average Bonchev–Trinajstić information content (AvgIpc) is 2.97. The molecule has 0 radical (unpaired) electrons. The van der Waals surface area contributed by atoms with Gasteiger partial charge in [0.1, 0.15) is 5.82 Å². The van der Waals surface area contributed by atoms with Crippen molar-refractivity contribution in [1.82, 2.24) is 9.55 Å². The number of hydrogen-bond donors (Lipinski definition) is 2. The fraction of sp³-hybridized carbons (Fsp3) is 0.812. The number of aryl methyl sites for hydroxylation is 2. The summed E-state index contributed by atoms with van der Waals surface area (Å²) in [5.74, 6) is 1.50. The molecule has 0 spiro atoms. The Balaban J connectivity index is 1.71. The topological polar surface area (TPSA) is 64.1 Å². The van der Waals surface area contributed by atoms with Gasteiger partial charge in [0, 0.05) is 18.8 Å². The number of hydrogen-bond acceptors (Lipinski definition) is 3. The Morgan fingerprint density at radius 3 is 2.95 bits per heavy atom. The second kappa shape index (κ2) is 5.49. The van der Waals surface area contributed by atoms with Gasteiger partial charge in [0.15, 0.2) is 0 Å². The lowest BCUT2D eigenvalue weighted by Gasteiger charge is -2.29. The second-order valence-electron chi connectivity index (χ2n) is 6.60. The van der Waals surface area contributed by atoms with Crippen molar-refractivity contribution in [3.63, 3.8) is 0 Å². The molecule has 1 saturated carbocycles. The SMILES string of the molecule is Cc1nc2c(n1CCC1CCCC1(O)CN)CCCC2. The average molecular weight is 277 g/mol. The van der Waals surface area contributed by atoms with Crippen molar-refractivity contribution in [3.8, 4) is 0 Å². The third kappa shape index (κ3) is 2.40. The van der Waals surface area contributed by atoms with Crippen LogP contribution in [0.4, 0.5) is 0 Å². The van der Waals surface area contributed by atoms with Crippen LogP contribution in [0.15, 0.2) is 0 Å². The summed E-state index contributed by atoms with van der Waals surface area (Å²) in [6.45, 7) is 3.50. The molecule has 0 saturated heterocycles. The summed E-state index contributed by atoms with van der Waals surface area (Å²) >= 11 is 0. The quantitative estimate of drug-likeness (QED) is 0.884. The Bertz CT molecular complexity index is 482. The van der Waals surface area contributed by atoms with Crippen LogP contribution >= 0.6 is 0 Å². The molecule has 1 aromatic rings. The van der Waals surface area contributed by atoms with Crippen molar-refractivity contribution in [2.24, 2.45) is 11.7 Å². The Labute approximate surface area is 121 Å². The highest BCUT2D eigenvalue weighted by Gasteiger charge is 2.39. The standard InChI is InChI=1S/C16H27N3O/c1-12-18-14-6-2-3-7-15(14)19(12)10-8-13-5-4-9-16(13,20)11-17/h13,20H,2-11,17H2,1H3. The summed E-state index contributed by atoms with van der Waals surface area (Å²) in [6.07, 6.45) is 8.99. The van der Waals surface area contributed by atoms with Gasteiger partial charge in [0.25, 0.3) is 0 Å². The highest BCUT2D eigenvalue weighted by molar-refractivity contribution is 5.19.